The molecule has 0 aliphatic rings. The summed E-state index contributed by atoms with van der Waals surface area (Å²) in [4.78, 5) is 4.52. The van der Waals surface area contributed by atoms with Gasteiger partial charge in [-0.1, -0.05) is 26.8 Å². The summed E-state index contributed by atoms with van der Waals surface area (Å²) in [6.45, 7) is 7.84. The van der Waals surface area contributed by atoms with Gasteiger partial charge in [0.05, 0.1) is 0 Å². The van der Waals surface area contributed by atoms with Crippen LogP contribution in [0.15, 0.2) is 18.3 Å². The Morgan fingerprint density at radius 2 is 2.06 bits per heavy atom. The van der Waals surface area contributed by atoms with E-state index in [0.29, 0.717) is 5.41 Å². The largest absolute Gasteiger partial charge is 0.320 e. The van der Waals surface area contributed by atoms with Crippen LogP contribution in [0.1, 0.15) is 38.4 Å². The Balaban J connectivity index is 2.57. The van der Waals surface area contributed by atoms with E-state index in [1.165, 1.54) is 17.7 Å². The molecule has 0 fully saturated rings. The summed E-state index contributed by atoms with van der Waals surface area (Å²) in [6.07, 6.45) is 5.30. The molecule has 0 amide bonds. The van der Waals surface area contributed by atoms with E-state index >= 15 is 0 Å². The number of rotatable bonds is 6. The number of aromatic nitrogens is 1. The molecule has 1 aromatic rings. The number of pyridine rings is 1. The Bertz CT molecular complexity index is 301. The highest BCUT2D eigenvalue weighted by molar-refractivity contribution is 5.14. The van der Waals surface area contributed by atoms with Gasteiger partial charge >= 0.3 is 0 Å². The molecule has 0 saturated carbocycles. The normalized spacial score (nSPS) is 11.8. The molecule has 16 heavy (non-hydrogen) atoms. The minimum Gasteiger partial charge on any atom is -0.320 e. The summed E-state index contributed by atoms with van der Waals surface area (Å²) in [5.41, 5.74) is 2.85. The molecule has 2 nitrogen and oxygen atoms in total. The molecule has 0 aromatic carbocycles. The van der Waals surface area contributed by atoms with Crippen LogP contribution in [0.5, 0.6) is 0 Å². The van der Waals surface area contributed by atoms with Crippen molar-refractivity contribution in [3.63, 3.8) is 0 Å². The van der Waals surface area contributed by atoms with Gasteiger partial charge in [0.2, 0.25) is 0 Å². The Morgan fingerprint density at radius 1 is 1.31 bits per heavy atom. The monoisotopic (exact) mass is 220 g/mol. The van der Waals surface area contributed by atoms with Crippen molar-refractivity contribution in [2.75, 3.05) is 13.6 Å². The smallest absolute Gasteiger partial charge is 0.0409 e. The zero-order valence-corrected chi connectivity index (χ0v) is 11.0. The molecule has 0 bridgehead atoms. The maximum atomic E-state index is 4.52. The van der Waals surface area contributed by atoms with E-state index in [1.54, 1.807) is 0 Å². The molecule has 0 saturated heterocycles. The van der Waals surface area contributed by atoms with Crippen molar-refractivity contribution in [1.82, 2.24) is 10.3 Å². The summed E-state index contributed by atoms with van der Waals surface area (Å²) in [5, 5.41) is 3.21. The highest BCUT2D eigenvalue weighted by Gasteiger charge is 2.18. The Hall–Kier alpha value is -0.890. The third-order valence-corrected chi connectivity index (χ3v) is 3.01. The van der Waals surface area contributed by atoms with E-state index in [2.05, 4.69) is 43.2 Å². The van der Waals surface area contributed by atoms with Crippen LogP contribution in [0.2, 0.25) is 0 Å². The fraction of sp³-hybridized carbons (Fsp3) is 0.643. The zero-order chi connectivity index (χ0) is 12.0. The maximum absolute atomic E-state index is 4.52. The van der Waals surface area contributed by atoms with Gasteiger partial charge in [-0.05, 0) is 49.9 Å². The summed E-state index contributed by atoms with van der Waals surface area (Å²) in [6, 6.07) is 4.36. The summed E-state index contributed by atoms with van der Waals surface area (Å²) in [5.74, 6) is 0. The first-order valence-corrected chi connectivity index (χ1v) is 6.16. The molecule has 2 heteroatoms. The van der Waals surface area contributed by atoms with Gasteiger partial charge in [-0.3, -0.25) is 4.98 Å². The first-order valence-electron chi connectivity index (χ1n) is 6.16. The van der Waals surface area contributed by atoms with E-state index in [1.807, 2.05) is 13.2 Å². The second kappa shape index (κ2) is 6.00. The van der Waals surface area contributed by atoms with Crippen LogP contribution in [0, 0.1) is 5.41 Å². The SMILES string of the molecule is CCc1ccc(CC(C)(C)CCNC)nc1. The molecule has 0 aliphatic carbocycles. The van der Waals surface area contributed by atoms with Crippen molar-refractivity contribution < 1.29 is 0 Å². The van der Waals surface area contributed by atoms with Crippen molar-refractivity contribution in [3.8, 4) is 0 Å². The second-order valence-corrected chi connectivity index (χ2v) is 5.21. The van der Waals surface area contributed by atoms with Crippen LogP contribution < -0.4 is 5.32 Å². The molecule has 0 spiro atoms. The highest BCUT2D eigenvalue weighted by Crippen LogP contribution is 2.24. The number of nitrogens with zero attached hydrogens (tertiary/aromatic N) is 1. The van der Waals surface area contributed by atoms with Gasteiger partial charge in [0.15, 0.2) is 0 Å². The molecule has 90 valence electrons. The van der Waals surface area contributed by atoms with Crippen molar-refractivity contribution in [2.24, 2.45) is 5.41 Å². The van der Waals surface area contributed by atoms with Crippen LogP contribution in [-0.2, 0) is 12.8 Å². The Labute approximate surface area is 99.5 Å². The maximum Gasteiger partial charge on any atom is 0.0409 e. The number of nitrogens with one attached hydrogen (secondary N) is 1. The van der Waals surface area contributed by atoms with E-state index in [4.69, 9.17) is 0 Å². The lowest BCUT2D eigenvalue weighted by Gasteiger charge is -2.24. The molecule has 0 radical (unpaired) electrons. The van der Waals surface area contributed by atoms with E-state index in [-0.39, 0.29) is 0 Å². The predicted octanol–water partition coefficient (Wildman–Crippen LogP) is 2.82. The summed E-state index contributed by atoms with van der Waals surface area (Å²) in [7, 11) is 2.00. The lowest BCUT2D eigenvalue weighted by Crippen LogP contribution is -2.22. The van der Waals surface area contributed by atoms with Crippen molar-refractivity contribution in [3.05, 3.63) is 29.6 Å². The molecule has 0 aliphatic heterocycles. The average Bonchev–Trinajstić information content (AvgIpc) is 2.27. The molecule has 0 unspecified atom stereocenters. The number of aryl methyl sites for hydroxylation is 1. The van der Waals surface area contributed by atoms with Gasteiger partial charge in [0.1, 0.15) is 0 Å². The van der Waals surface area contributed by atoms with Crippen LogP contribution in [0.3, 0.4) is 0 Å². The first kappa shape index (κ1) is 13.2. The lowest BCUT2D eigenvalue weighted by atomic mass is 9.84. The van der Waals surface area contributed by atoms with Gasteiger partial charge < -0.3 is 5.32 Å². The van der Waals surface area contributed by atoms with E-state index in [0.717, 1.165) is 19.4 Å². The van der Waals surface area contributed by atoms with Gasteiger partial charge in [-0.15, -0.1) is 0 Å². The standard InChI is InChI=1S/C14H24N2/c1-5-12-6-7-13(16-11-12)10-14(2,3)8-9-15-4/h6-7,11,15H,5,8-10H2,1-4H3. The molecule has 1 heterocycles. The topological polar surface area (TPSA) is 24.9 Å². The lowest BCUT2D eigenvalue weighted by molar-refractivity contribution is 0.326. The quantitative estimate of drug-likeness (QED) is 0.797. The minimum absolute atomic E-state index is 0.323. The summed E-state index contributed by atoms with van der Waals surface area (Å²) < 4.78 is 0. The minimum atomic E-state index is 0.323. The fourth-order valence-corrected chi connectivity index (χ4v) is 1.81. The van der Waals surface area contributed by atoms with Gasteiger partial charge in [-0.2, -0.15) is 0 Å². The molecule has 0 atom stereocenters. The van der Waals surface area contributed by atoms with Crippen molar-refractivity contribution in [2.45, 2.75) is 40.0 Å². The van der Waals surface area contributed by atoms with E-state index < -0.39 is 0 Å². The molecule has 1 rings (SSSR count). The van der Waals surface area contributed by atoms with Crippen LogP contribution in [-0.4, -0.2) is 18.6 Å². The van der Waals surface area contributed by atoms with Crippen molar-refractivity contribution >= 4 is 0 Å². The fourth-order valence-electron chi connectivity index (χ4n) is 1.81. The molecular formula is C14H24N2. The predicted molar refractivity (Wildman–Crippen MR) is 69.6 cm³/mol. The van der Waals surface area contributed by atoms with Gasteiger partial charge in [0, 0.05) is 11.9 Å². The van der Waals surface area contributed by atoms with Gasteiger partial charge in [-0.25, -0.2) is 0 Å². The first-order chi connectivity index (χ1) is 7.57. The Kier molecular flexibility index (Phi) is 4.94. The number of hydrogen-bond donors (Lipinski definition) is 1. The third kappa shape index (κ3) is 4.31. The highest BCUT2D eigenvalue weighted by atomic mass is 14.8. The zero-order valence-electron chi connectivity index (χ0n) is 11.0. The average molecular weight is 220 g/mol. The summed E-state index contributed by atoms with van der Waals surface area (Å²) >= 11 is 0. The van der Waals surface area contributed by atoms with Crippen LogP contribution in [0.4, 0.5) is 0 Å². The van der Waals surface area contributed by atoms with Crippen molar-refractivity contribution in [1.29, 1.82) is 0 Å². The second-order valence-electron chi connectivity index (χ2n) is 5.21. The molecule has 1 N–H and O–H groups in total. The van der Waals surface area contributed by atoms with Crippen LogP contribution in [0.25, 0.3) is 0 Å². The number of hydrogen-bond acceptors (Lipinski definition) is 2. The Morgan fingerprint density at radius 3 is 2.56 bits per heavy atom. The van der Waals surface area contributed by atoms with Crippen LogP contribution >= 0.6 is 0 Å². The van der Waals surface area contributed by atoms with E-state index in [9.17, 15) is 0 Å². The molecule has 1 aromatic heterocycles. The van der Waals surface area contributed by atoms with Gasteiger partial charge in [0.25, 0.3) is 0 Å². The third-order valence-electron chi connectivity index (χ3n) is 3.01. The molecular weight excluding hydrogens is 196 g/mol.